The largest absolute Gasteiger partial charge is 0.497 e. The molecule has 0 saturated carbocycles. The number of hydrogen-bond acceptors (Lipinski definition) is 4. The zero-order valence-electron chi connectivity index (χ0n) is 21.5. The molecule has 0 bridgehead atoms. The summed E-state index contributed by atoms with van der Waals surface area (Å²) >= 11 is 0. The molecule has 1 N–H and O–H groups in total. The number of amides is 2. The number of para-hydroxylation sites is 1. The molecule has 1 heterocycles. The normalized spacial score (nSPS) is 17.2. The van der Waals surface area contributed by atoms with Crippen molar-refractivity contribution in [2.24, 2.45) is 0 Å². The lowest BCUT2D eigenvalue weighted by Crippen LogP contribution is -2.41. The number of ether oxygens (including phenoxy) is 1. The van der Waals surface area contributed by atoms with E-state index in [0.717, 1.165) is 12.8 Å². The average molecular weight is 498 g/mol. The Kier molecular flexibility index (Phi) is 7.85. The van der Waals surface area contributed by atoms with Crippen LogP contribution in [0.5, 0.6) is 5.75 Å². The summed E-state index contributed by atoms with van der Waals surface area (Å²) < 4.78 is 5.21. The predicted octanol–water partition coefficient (Wildman–Crippen LogP) is 4.61. The fraction of sp³-hybridized carbons (Fsp3) is 0.355. The van der Waals surface area contributed by atoms with Crippen molar-refractivity contribution < 1.29 is 14.3 Å². The summed E-state index contributed by atoms with van der Waals surface area (Å²) in [5.74, 6) is 0.265. The van der Waals surface area contributed by atoms with E-state index < -0.39 is 0 Å². The fourth-order valence-corrected chi connectivity index (χ4v) is 5.58. The minimum Gasteiger partial charge on any atom is -0.497 e. The van der Waals surface area contributed by atoms with Crippen LogP contribution in [0.25, 0.3) is 0 Å². The highest BCUT2D eigenvalue weighted by Crippen LogP contribution is 2.30. The molecule has 6 nitrogen and oxygen atoms in total. The summed E-state index contributed by atoms with van der Waals surface area (Å²) in [6.07, 6.45) is 6.07. The van der Waals surface area contributed by atoms with Crippen molar-refractivity contribution in [3.63, 3.8) is 0 Å². The van der Waals surface area contributed by atoms with E-state index in [1.54, 1.807) is 31.4 Å². The average Bonchev–Trinajstić information content (AvgIpc) is 3.41. The predicted molar refractivity (Wildman–Crippen MR) is 146 cm³/mol. The third-order valence-corrected chi connectivity index (χ3v) is 7.60. The number of likely N-dealkylation sites (tertiary alicyclic amines) is 1. The Bertz CT molecular complexity index is 1220. The van der Waals surface area contributed by atoms with Crippen molar-refractivity contribution in [1.82, 2.24) is 10.2 Å². The second-order valence-electron chi connectivity index (χ2n) is 9.95. The van der Waals surface area contributed by atoms with E-state index in [9.17, 15) is 9.59 Å². The van der Waals surface area contributed by atoms with Gasteiger partial charge in [-0.1, -0.05) is 42.8 Å². The van der Waals surface area contributed by atoms with E-state index in [0.29, 0.717) is 29.6 Å². The minimum absolute atomic E-state index is 0.0553. The van der Waals surface area contributed by atoms with Gasteiger partial charge in [-0.3, -0.25) is 19.4 Å². The Morgan fingerprint density at radius 2 is 1.68 bits per heavy atom. The summed E-state index contributed by atoms with van der Waals surface area (Å²) in [6, 6.07) is 23.3. The first-order valence-electron chi connectivity index (χ1n) is 13.2. The number of fused-ring (bicyclic) bond motifs is 1. The Morgan fingerprint density at radius 1 is 0.919 bits per heavy atom. The summed E-state index contributed by atoms with van der Waals surface area (Å²) in [4.78, 5) is 30.7. The molecule has 2 amide bonds. The number of anilines is 1. The summed E-state index contributed by atoms with van der Waals surface area (Å²) in [5, 5.41) is 3.08. The zero-order chi connectivity index (χ0) is 25.6. The Morgan fingerprint density at radius 3 is 2.41 bits per heavy atom. The van der Waals surface area contributed by atoms with Gasteiger partial charge in [0, 0.05) is 23.8 Å². The van der Waals surface area contributed by atoms with Gasteiger partial charge in [0.05, 0.1) is 7.11 Å². The number of benzene rings is 3. The summed E-state index contributed by atoms with van der Waals surface area (Å²) in [6.45, 7) is 2.80. The molecule has 1 unspecified atom stereocenters. The first-order chi connectivity index (χ1) is 18.1. The quantitative estimate of drug-likeness (QED) is 0.494. The van der Waals surface area contributed by atoms with Crippen molar-refractivity contribution in [1.29, 1.82) is 0 Å². The van der Waals surface area contributed by atoms with Crippen molar-refractivity contribution in [3.05, 3.63) is 95.1 Å². The number of rotatable bonds is 8. The molecule has 3 aromatic rings. The highest BCUT2D eigenvalue weighted by molar-refractivity contribution is 6.08. The van der Waals surface area contributed by atoms with Crippen LogP contribution >= 0.6 is 0 Å². The van der Waals surface area contributed by atoms with Gasteiger partial charge in [-0.2, -0.15) is 0 Å². The van der Waals surface area contributed by atoms with Crippen LogP contribution in [0.3, 0.4) is 0 Å². The van der Waals surface area contributed by atoms with Crippen LogP contribution in [0.2, 0.25) is 0 Å². The number of nitrogens with zero attached hydrogens (tertiary/aromatic N) is 2. The molecule has 0 aromatic heterocycles. The second kappa shape index (κ2) is 11.6. The lowest BCUT2D eigenvalue weighted by Gasteiger charge is -2.32. The fourth-order valence-electron chi connectivity index (χ4n) is 5.58. The SMILES string of the molecule is COc1ccc(C(=O)N(CC(=O)NCc2cccc3c2CC(N2CCCCC2)C3)c2ccccc2)cc1. The van der Waals surface area contributed by atoms with Crippen LogP contribution < -0.4 is 15.0 Å². The molecular weight excluding hydrogens is 462 g/mol. The smallest absolute Gasteiger partial charge is 0.258 e. The molecule has 0 radical (unpaired) electrons. The van der Waals surface area contributed by atoms with Crippen LogP contribution in [-0.2, 0) is 24.2 Å². The maximum Gasteiger partial charge on any atom is 0.258 e. The van der Waals surface area contributed by atoms with Gasteiger partial charge in [-0.25, -0.2) is 0 Å². The van der Waals surface area contributed by atoms with Crippen molar-refractivity contribution >= 4 is 17.5 Å². The molecule has 1 atom stereocenters. The number of nitrogens with one attached hydrogen (secondary N) is 1. The van der Waals surface area contributed by atoms with Crippen molar-refractivity contribution in [2.75, 3.05) is 31.6 Å². The van der Waals surface area contributed by atoms with Crippen LogP contribution in [0, 0.1) is 0 Å². The number of hydrogen-bond donors (Lipinski definition) is 1. The molecule has 0 spiro atoms. The number of piperidine rings is 1. The molecular formula is C31H35N3O3. The monoisotopic (exact) mass is 497 g/mol. The maximum absolute atomic E-state index is 13.4. The lowest BCUT2D eigenvalue weighted by molar-refractivity contribution is -0.119. The number of carbonyl (C=O) groups is 2. The molecule has 3 aromatic carbocycles. The topological polar surface area (TPSA) is 61.9 Å². The van der Waals surface area contributed by atoms with E-state index in [2.05, 4.69) is 28.4 Å². The molecule has 6 heteroatoms. The van der Waals surface area contributed by atoms with E-state index in [-0.39, 0.29) is 18.4 Å². The third-order valence-electron chi connectivity index (χ3n) is 7.60. The first kappa shape index (κ1) is 25.0. The van der Waals surface area contributed by atoms with E-state index in [4.69, 9.17) is 4.74 Å². The van der Waals surface area contributed by atoms with Gasteiger partial charge in [-0.05, 0) is 91.9 Å². The standard InChI is InChI=1S/C31H35N3O3/c1-37-28-15-13-23(14-16-28)31(36)34(26-11-4-2-5-12-26)22-30(35)32-21-25-10-8-9-24-19-27(20-29(24)25)33-17-6-3-7-18-33/h2,4-5,8-16,27H,3,6-7,17-22H2,1H3,(H,32,35). The van der Waals surface area contributed by atoms with Crippen molar-refractivity contribution in [3.8, 4) is 5.75 Å². The van der Waals surface area contributed by atoms with Crippen LogP contribution in [-0.4, -0.2) is 49.5 Å². The Balaban J connectivity index is 1.26. The molecule has 5 rings (SSSR count). The van der Waals surface area contributed by atoms with Gasteiger partial charge in [0.15, 0.2) is 0 Å². The van der Waals surface area contributed by atoms with Gasteiger partial charge >= 0.3 is 0 Å². The maximum atomic E-state index is 13.4. The number of carbonyl (C=O) groups excluding carboxylic acids is 2. The van der Waals surface area contributed by atoms with Gasteiger partial charge in [-0.15, -0.1) is 0 Å². The highest BCUT2D eigenvalue weighted by Gasteiger charge is 2.29. The van der Waals surface area contributed by atoms with Crippen LogP contribution in [0.15, 0.2) is 72.8 Å². The van der Waals surface area contributed by atoms with Gasteiger partial charge < -0.3 is 10.1 Å². The van der Waals surface area contributed by atoms with Gasteiger partial charge in [0.1, 0.15) is 12.3 Å². The first-order valence-corrected chi connectivity index (χ1v) is 13.2. The summed E-state index contributed by atoms with van der Waals surface area (Å²) in [5.41, 5.74) is 5.15. The summed E-state index contributed by atoms with van der Waals surface area (Å²) in [7, 11) is 1.59. The minimum atomic E-state index is -0.228. The molecule has 37 heavy (non-hydrogen) atoms. The van der Waals surface area contributed by atoms with Crippen molar-refractivity contribution in [2.45, 2.75) is 44.7 Å². The van der Waals surface area contributed by atoms with E-state index >= 15 is 0 Å². The van der Waals surface area contributed by atoms with E-state index in [1.807, 2.05) is 30.3 Å². The molecule has 1 saturated heterocycles. The Hall–Kier alpha value is -3.64. The zero-order valence-corrected chi connectivity index (χ0v) is 21.5. The van der Waals surface area contributed by atoms with E-state index in [1.165, 1.54) is 53.9 Å². The van der Waals surface area contributed by atoms with Gasteiger partial charge in [0.2, 0.25) is 5.91 Å². The highest BCUT2D eigenvalue weighted by atomic mass is 16.5. The molecule has 192 valence electrons. The molecule has 1 fully saturated rings. The second-order valence-corrected chi connectivity index (χ2v) is 9.95. The number of methoxy groups -OCH3 is 1. The molecule has 1 aliphatic heterocycles. The van der Waals surface area contributed by atoms with Crippen LogP contribution in [0.1, 0.15) is 46.3 Å². The van der Waals surface area contributed by atoms with Crippen LogP contribution in [0.4, 0.5) is 5.69 Å². The Labute approximate surface area is 219 Å². The molecule has 1 aliphatic carbocycles. The lowest BCUT2D eigenvalue weighted by atomic mass is 10.0. The molecule has 2 aliphatic rings. The third kappa shape index (κ3) is 5.86. The van der Waals surface area contributed by atoms with Gasteiger partial charge in [0.25, 0.3) is 5.91 Å².